The Hall–Kier alpha value is -4.73. The topological polar surface area (TPSA) is 103 Å². The third kappa shape index (κ3) is 6.45. The molecule has 4 aromatic rings. The smallest absolute Gasteiger partial charge is 0.392 e. The van der Waals surface area contributed by atoms with Gasteiger partial charge < -0.3 is 21.4 Å². The van der Waals surface area contributed by atoms with Crippen LogP contribution in [0.1, 0.15) is 46.9 Å². The van der Waals surface area contributed by atoms with Crippen molar-refractivity contribution in [1.29, 1.82) is 5.41 Å². The third-order valence-corrected chi connectivity index (χ3v) is 6.42. The van der Waals surface area contributed by atoms with Gasteiger partial charge >= 0.3 is 6.18 Å². The lowest BCUT2D eigenvalue weighted by molar-refractivity contribution is -0.137. The van der Waals surface area contributed by atoms with Gasteiger partial charge in [0.05, 0.1) is 22.8 Å². The summed E-state index contributed by atoms with van der Waals surface area (Å²) in [6, 6.07) is 15.7. The number of anilines is 1. The molecule has 0 radical (unpaired) electrons. The van der Waals surface area contributed by atoms with Gasteiger partial charge in [0.15, 0.2) is 0 Å². The van der Waals surface area contributed by atoms with Gasteiger partial charge in [-0.3, -0.25) is 4.79 Å². The van der Waals surface area contributed by atoms with Gasteiger partial charge in [-0.25, -0.2) is 9.97 Å². The van der Waals surface area contributed by atoms with Gasteiger partial charge in [0.2, 0.25) is 5.95 Å². The minimum atomic E-state index is -4.52. The minimum absolute atomic E-state index is 0.0513. The molecule has 0 bridgehead atoms. The highest BCUT2D eigenvalue weighted by Gasteiger charge is 2.31. The van der Waals surface area contributed by atoms with Crippen LogP contribution in [-0.4, -0.2) is 29.1 Å². The van der Waals surface area contributed by atoms with E-state index in [2.05, 4.69) is 32.8 Å². The molecule has 0 aliphatic carbocycles. The van der Waals surface area contributed by atoms with E-state index in [1.807, 2.05) is 36.4 Å². The summed E-state index contributed by atoms with van der Waals surface area (Å²) in [5.74, 6) is -0.213. The summed E-state index contributed by atoms with van der Waals surface area (Å²) in [6.07, 6.45) is 0.759. The molecule has 0 spiro atoms. The molecule has 10 heteroatoms. The molecule has 4 rings (SSSR count). The van der Waals surface area contributed by atoms with E-state index in [0.717, 1.165) is 57.9 Å². The quantitative estimate of drug-likeness (QED) is 0.180. The normalized spacial score (nSPS) is 12.6. The second-order valence-electron chi connectivity index (χ2n) is 9.17. The van der Waals surface area contributed by atoms with Crippen molar-refractivity contribution >= 4 is 29.0 Å². The van der Waals surface area contributed by atoms with Crippen LogP contribution in [0.15, 0.2) is 78.8 Å². The van der Waals surface area contributed by atoms with Crippen molar-refractivity contribution in [2.75, 3.05) is 12.4 Å². The molecular formula is C30H29F3N6O. The molecular weight excluding hydrogens is 517 g/mol. The first-order chi connectivity index (χ1) is 19.1. The van der Waals surface area contributed by atoms with Crippen molar-refractivity contribution in [3.63, 3.8) is 0 Å². The molecule has 1 aromatic heterocycles. The Morgan fingerprint density at radius 2 is 1.90 bits per heavy atom. The Labute approximate surface area is 230 Å². The Morgan fingerprint density at radius 1 is 1.10 bits per heavy atom. The maximum absolute atomic E-state index is 13.1. The molecule has 1 heterocycles. The molecule has 0 saturated carbocycles. The molecule has 1 unspecified atom stereocenters. The third-order valence-electron chi connectivity index (χ3n) is 6.42. The average molecular weight is 547 g/mol. The van der Waals surface area contributed by atoms with Crippen LogP contribution in [0, 0.1) is 5.41 Å². The number of allylic oxidation sites excluding steroid dienone is 1. The Bertz CT molecular complexity index is 1580. The van der Waals surface area contributed by atoms with Crippen LogP contribution in [0.4, 0.5) is 19.1 Å². The average Bonchev–Trinajstić information content (AvgIpc) is 2.95. The number of carbonyl (C=O) groups is 1. The number of aryl methyl sites for hydroxylation is 1. The number of nitrogens with one attached hydrogen (secondary N) is 4. The lowest BCUT2D eigenvalue weighted by Crippen LogP contribution is -2.27. The zero-order valence-electron chi connectivity index (χ0n) is 22.2. The van der Waals surface area contributed by atoms with E-state index in [1.165, 1.54) is 12.1 Å². The van der Waals surface area contributed by atoms with E-state index in [1.54, 1.807) is 26.4 Å². The van der Waals surface area contributed by atoms with Crippen molar-refractivity contribution in [2.45, 2.75) is 32.5 Å². The summed E-state index contributed by atoms with van der Waals surface area (Å²) in [5, 5.41) is 17.0. The van der Waals surface area contributed by atoms with Crippen LogP contribution < -0.4 is 16.0 Å². The SMILES string of the molecule is CCc1ccc(C(C)NC(=O)c2cccc(C(F)(F)F)c2)cc1-c1ccc2nc(N/C(C=N)=C/NC)ncc2c1. The molecule has 7 nitrogen and oxygen atoms in total. The number of aromatic nitrogens is 2. The van der Waals surface area contributed by atoms with Gasteiger partial charge in [-0.15, -0.1) is 0 Å². The fourth-order valence-corrected chi connectivity index (χ4v) is 4.30. The molecule has 0 saturated heterocycles. The van der Waals surface area contributed by atoms with Gasteiger partial charge in [-0.1, -0.05) is 31.2 Å². The number of hydrogen-bond donors (Lipinski definition) is 4. The molecule has 1 atom stereocenters. The molecule has 0 aliphatic rings. The molecule has 0 aliphatic heterocycles. The summed E-state index contributed by atoms with van der Waals surface area (Å²) in [5.41, 5.74) is 4.17. The maximum Gasteiger partial charge on any atom is 0.416 e. The van der Waals surface area contributed by atoms with Crippen molar-refractivity contribution in [1.82, 2.24) is 20.6 Å². The number of alkyl halides is 3. The number of hydrogen-bond acceptors (Lipinski definition) is 6. The van der Waals surface area contributed by atoms with E-state index in [9.17, 15) is 18.0 Å². The van der Waals surface area contributed by atoms with Crippen LogP contribution in [0.3, 0.4) is 0 Å². The Morgan fingerprint density at radius 3 is 2.60 bits per heavy atom. The van der Waals surface area contributed by atoms with Crippen LogP contribution in [-0.2, 0) is 12.6 Å². The molecule has 206 valence electrons. The van der Waals surface area contributed by atoms with Gasteiger partial charge in [-0.05, 0) is 72.0 Å². The van der Waals surface area contributed by atoms with Crippen molar-refractivity contribution in [3.05, 3.63) is 101 Å². The van der Waals surface area contributed by atoms with Crippen molar-refractivity contribution in [3.8, 4) is 11.1 Å². The van der Waals surface area contributed by atoms with Gasteiger partial charge in [0, 0.05) is 36.6 Å². The molecule has 1 amide bonds. The number of benzene rings is 3. The zero-order chi connectivity index (χ0) is 28.9. The van der Waals surface area contributed by atoms with E-state index in [-0.39, 0.29) is 5.56 Å². The number of carbonyl (C=O) groups excluding carboxylic acids is 1. The lowest BCUT2D eigenvalue weighted by Gasteiger charge is -2.18. The molecule has 4 N–H and O–H groups in total. The first-order valence-corrected chi connectivity index (χ1v) is 12.7. The second kappa shape index (κ2) is 12.0. The van der Waals surface area contributed by atoms with Crippen molar-refractivity contribution < 1.29 is 18.0 Å². The number of rotatable bonds is 9. The molecule has 3 aromatic carbocycles. The fourth-order valence-electron chi connectivity index (χ4n) is 4.30. The van der Waals surface area contributed by atoms with Gasteiger partial charge in [-0.2, -0.15) is 13.2 Å². The number of halogens is 3. The number of nitrogens with zero attached hydrogens (tertiary/aromatic N) is 2. The van der Waals surface area contributed by atoms with Crippen LogP contribution in [0.5, 0.6) is 0 Å². The summed E-state index contributed by atoms with van der Waals surface area (Å²) < 4.78 is 39.3. The maximum atomic E-state index is 13.1. The van der Waals surface area contributed by atoms with Gasteiger partial charge in [0.1, 0.15) is 0 Å². The largest absolute Gasteiger partial charge is 0.416 e. The highest BCUT2D eigenvalue weighted by Crippen LogP contribution is 2.31. The predicted octanol–water partition coefficient (Wildman–Crippen LogP) is 6.49. The van der Waals surface area contributed by atoms with Gasteiger partial charge in [0.25, 0.3) is 5.91 Å². The summed E-state index contributed by atoms with van der Waals surface area (Å²) >= 11 is 0. The predicted molar refractivity (Wildman–Crippen MR) is 151 cm³/mol. The fraction of sp³-hybridized carbons (Fsp3) is 0.200. The number of amides is 1. The first kappa shape index (κ1) is 28.3. The first-order valence-electron chi connectivity index (χ1n) is 12.7. The van der Waals surface area contributed by atoms with E-state index in [0.29, 0.717) is 11.6 Å². The van der Waals surface area contributed by atoms with Crippen LogP contribution in [0.25, 0.3) is 22.0 Å². The monoisotopic (exact) mass is 546 g/mol. The van der Waals surface area contributed by atoms with Crippen LogP contribution in [0.2, 0.25) is 0 Å². The summed E-state index contributed by atoms with van der Waals surface area (Å²) in [7, 11) is 1.73. The highest BCUT2D eigenvalue weighted by atomic mass is 19.4. The van der Waals surface area contributed by atoms with Crippen molar-refractivity contribution in [2.24, 2.45) is 0 Å². The highest BCUT2D eigenvalue weighted by molar-refractivity contribution is 5.94. The van der Waals surface area contributed by atoms with E-state index in [4.69, 9.17) is 5.41 Å². The Balaban J connectivity index is 1.59. The molecule has 0 fully saturated rings. The zero-order valence-corrected chi connectivity index (χ0v) is 22.2. The summed E-state index contributed by atoms with van der Waals surface area (Å²) in [4.78, 5) is 21.7. The number of fused-ring (bicyclic) bond motifs is 1. The standard InChI is InChI=1S/C30H29F3N6O/c1-4-19-8-9-20(18(2)37-28(40)22-6-5-7-24(13-22)30(31,32)33)14-26(19)21-10-11-27-23(12-21)16-36-29(39-27)38-25(15-34)17-35-3/h5-18,34-35H,4H2,1-3H3,(H,37,40)(H,36,38,39)/b25-17+,34-15?. The molecule has 40 heavy (non-hydrogen) atoms. The lowest BCUT2D eigenvalue weighted by atomic mass is 9.93. The van der Waals surface area contributed by atoms with Crippen LogP contribution >= 0.6 is 0 Å². The second-order valence-corrected chi connectivity index (χ2v) is 9.17. The summed E-state index contributed by atoms with van der Waals surface area (Å²) in [6.45, 7) is 3.85. The Kier molecular flexibility index (Phi) is 8.47. The van der Waals surface area contributed by atoms with E-state index >= 15 is 0 Å². The minimum Gasteiger partial charge on any atom is -0.392 e. The van der Waals surface area contributed by atoms with E-state index < -0.39 is 23.7 Å².